The van der Waals surface area contributed by atoms with Gasteiger partial charge in [0.25, 0.3) is 0 Å². The molecule has 0 radical (unpaired) electrons. The van der Waals surface area contributed by atoms with E-state index in [0.717, 1.165) is 17.4 Å². The maximum atomic E-state index is 6.23. The highest BCUT2D eigenvalue weighted by Crippen LogP contribution is 2.27. The van der Waals surface area contributed by atoms with E-state index in [1.165, 1.54) is 64.2 Å². The van der Waals surface area contributed by atoms with E-state index in [-0.39, 0.29) is 0 Å². The van der Waals surface area contributed by atoms with Gasteiger partial charge in [0.05, 0.1) is 20.6 Å². The first-order chi connectivity index (χ1) is 13.4. The Hall–Kier alpha value is 0.0569. The topological polar surface area (TPSA) is 27.7 Å². The summed E-state index contributed by atoms with van der Waals surface area (Å²) in [6.45, 7) is 13.8. The summed E-state index contributed by atoms with van der Waals surface area (Å²) in [5.41, 5.74) is 0.297. The van der Waals surface area contributed by atoms with Crippen molar-refractivity contribution >= 4 is 8.80 Å². The Kier molecular flexibility index (Phi) is 16.8. The molecule has 0 fully saturated rings. The monoisotopic (exact) mass is 418 g/mol. The van der Waals surface area contributed by atoms with Gasteiger partial charge >= 0.3 is 8.80 Å². The van der Waals surface area contributed by atoms with E-state index >= 15 is 0 Å². The van der Waals surface area contributed by atoms with Gasteiger partial charge in [0.1, 0.15) is 0 Å². The lowest BCUT2D eigenvalue weighted by Gasteiger charge is -2.44. The van der Waals surface area contributed by atoms with Crippen molar-refractivity contribution < 1.29 is 17.8 Å². The lowest BCUT2D eigenvalue weighted by atomic mass is 10.1. The zero-order valence-corrected chi connectivity index (χ0v) is 21.4. The first-order valence-electron chi connectivity index (χ1n) is 12.2. The molecule has 1 unspecified atom stereocenters. The molecule has 0 spiro atoms. The van der Waals surface area contributed by atoms with Crippen LogP contribution in [0.2, 0.25) is 0 Å². The molecule has 0 rings (SSSR count). The molecule has 0 aromatic rings. The van der Waals surface area contributed by atoms with Crippen molar-refractivity contribution in [3.8, 4) is 0 Å². The average molecular weight is 419 g/mol. The molecule has 0 aliphatic carbocycles. The standard InChI is InChI=1S/C23H52NO3Si/c1-8-13-14-15-16-17-18-19-20-21-22-24(6,7)23(9-2)28(25-10-3,26-11-4)27-12-5/h23H,8-22H2,1-7H3/q+1. The van der Waals surface area contributed by atoms with Crippen molar-refractivity contribution in [2.24, 2.45) is 0 Å². The third-order valence-corrected chi connectivity index (χ3v) is 9.76. The predicted octanol–water partition coefficient (Wildman–Crippen LogP) is 6.35. The van der Waals surface area contributed by atoms with Gasteiger partial charge in [-0.25, -0.2) is 0 Å². The number of hydrogen-bond acceptors (Lipinski definition) is 3. The molecule has 0 heterocycles. The van der Waals surface area contributed by atoms with Gasteiger partial charge in [0.2, 0.25) is 0 Å². The zero-order chi connectivity index (χ0) is 21.3. The molecule has 0 aliphatic rings. The second-order valence-electron chi connectivity index (χ2n) is 8.51. The molecule has 170 valence electrons. The number of quaternary nitrogens is 1. The molecular formula is C23H52NO3Si+. The highest BCUT2D eigenvalue weighted by molar-refractivity contribution is 6.62. The summed E-state index contributed by atoms with van der Waals surface area (Å²) >= 11 is 0. The summed E-state index contributed by atoms with van der Waals surface area (Å²) in [5, 5.41) is 0. The molecule has 0 bridgehead atoms. The van der Waals surface area contributed by atoms with E-state index < -0.39 is 8.80 Å². The fourth-order valence-electron chi connectivity index (χ4n) is 4.35. The van der Waals surface area contributed by atoms with Crippen LogP contribution in [0.1, 0.15) is 105 Å². The smallest absolute Gasteiger partial charge is 0.370 e. The van der Waals surface area contributed by atoms with E-state index in [1.807, 2.05) is 0 Å². The Morgan fingerprint density at radius 3 is 1.36 bits per heavy atom. The van der Waals surface area contributed by atoms with Crippen molar-refractivity contribution in [1.29, 1.82) is 0 Å². The van der Waals surface area contributed by atoms with Crippen LogP contribution in [0.4, 0.5) is 0 Å². The molecule has 0 saturated heterocycles. The summed E-state index contributed by atoms with van der Waals surface area (Å²) < 4.78 is 19.6. The van der Waals surface area contributed by atoms with E-state index in [4.69, 9.17) is 13.3 Å². The summed E-state index contributed by atoms with van der Waals surface area (Å²) in [7, 11) is 1.98. The second kappa shape index (κ2) is 16.8. The van der Waals surface area contributed by atoms with Crippen molar-refractivity contribution in [1.82, 2.24) is 0 Å². The lowest BCUT2D eigenvalue weighted by molar-refractivity contribution is -0.906. The van der Waals surface area contributed by atoms with Gasteiger partial charge in [0, 0.05) is 26.2 Å². The Balaban J connectivity index is 4.48. The van der Waals surface area contributed by atoms with Gasteiger partial charge < -0.3 is 17.8 Å². The average Bonchev–Trinajstić information content (AvgIpc) is 2.64. The number of unbranched alkanes of at least 4 members (excludes halogenated alkanes) is 9. The van der Waals surface area contributed by atoms with Gasteiger partial charge in [-0.2, -0.15) is 0 Å². The van der Waals surface area contributed by atoms with Crippen LogP contribution in [0.5, 0.6) is 0 Å². The minimum atomic E-state index is -2.69. The minimum absolute atomic E-state index is 0.297. The van der Waals surface area contributed by atoms with Gasteiger partial charge in [0.15, 0.2) is 5.67 Å². The predicted molar refractivity (Wildman–Crippen MR) is 124 cm³/mol. The highest BCUT2D eigenvalue weighted by atomic mass is 28.4. The normalized spacial score (nSPS) is 13.8. The maximum Gasteiger partial charge on any atom is 0.562 e. The Morgan fingerprint density at radius 1 is 0.607 bits per heavy atom. The first kappa shape index (κ1) is 28.1. The third-order valence-electron chi connectivity index (χ3n) is 5.76. The van der Waals surface area contributed by atoms with Crippen LogP contribution in [0.3, 0.4) is 0 Å². The molecule has 0 aliphatic heterocycles. The summed E-state index contributed by atoms with van der Waals surface area (Å²) in [4.78, 5) is 0. The highest BCUT2D eigenvalue weighted by Gasteiger charge is 2.56. The fraction of sp³-hybridized carbons (Fsp3) is 1.00. The number of nitrogens with zero attached hydrogens (tertiary/aromatic N) is 1. The largest absolute Gasteiger partial charge is 0.562 e. The first-order valence-corrected chi connectivity index (χ1v) is 14.0. The van der Waals surface area contributed by atoms with Crippen LogP contribution >= 0.6 is 0 Å². The molecule has 0 aromatic carbocycles. The summed E-state index contributed by atoms with van der Waals surface area (Å²) in [5.74, 6) is 0. The van der Waals surface area contributed by atoms with Crippen LogP contribution in [0, 0.1) is 0 Å². The molecule has 1 atom stereocenters. The SMILES string of the molecule is CCCCCCCCCCCC[N+](C)(C)C(CC)[Si](OCC)(OCC)OCC. The number of hydrogen-bond donors (Lipinski definition) is 0. The minimum Gasteiger partial charge on any atom is -0.370 e. The fourth-order valence-corrected chi connectivity index (χ4v) is 7.87. The number of rotatable bonds is 20. The van der Waals surface area contributed by atoms with Crippen LogP contribution in [0.15, 0.2) is 0 Å². The van der Waals surface area contributed by atoms with Crippen LogP contribution in [0.25, 0.3) is 0 Å². The maximum absolute atomic E-state index is 6.23. The third kappa shape index (κ3) is 10.7. The Morgan fingerprint density at radius 2 is 1.00 bits per heavy atom. The van der Waals surface area contributed by atoms with E-state index in [1.54, 1.807) is 0 Å². The molecule has 0 amide bonds. The van der Waals surface area contributed by atoms with Crippen molar-refractivity contribution in [2.45, 2.75) is 111 Å². The molecule has 0 saturated carbocycles. The zero-order valence-electron chi connectivity index (χ0n) is 20.4. The molecule has 0 N–H and O–H groups in total. The summed E-state index contributed by atoms with van der Waals surface area (Å²) in [6, 6.07) is 0. The van der Waals surface area contributed by atoms with Crippen molar-refractivity contribution in [2.75, 3.05) is 40.5 Å². The van der Waals surface area contributed by atoms with Crippen LogP contribution in [-0.4, -0.2) is 59.4 Å². The lowest BCUT2D eigenvalue weighted by Crippen LogP contribution is -2.68. The molecular weight excluding hydrogens is 366 g/mol. The van der Waals surface area contributed by atoms with E-state index in [0.29, 0.717) is 25.5 Å². The van der Waals surface area contributed by atoms with Crippen LogP contribution < -0.4 is 0 Å². The Bertz CT molecular complexity index is 336. The van der Waals surface area contributed by atoms with Crippen LogP contribution in [-0.2, 0) is 13.3 Å². The second-order valence-corrected chi connectivity index (χ2v) is 11.3. The van der Waals surface area contributed by atoms with Crippen molar-refractivity contribution in [3.63, 3.8) is 0 Å². The van der Waals surface area contributed by atoms with Crippen molar-refractivity contribution in [3.05, 3.63) is 0 Å². The molecule has 4 nitrogen and oxygen atoms in total. The van der Waals surface area contributed by atoms with E-state index in [2.05, 4.69) is 48.7 Å². The van der Waals surface area contributed by atoms with Gasteiger partial charge in [-0.3, -0.25) is 0 Å². The molecule has 5 heteroatoms. The molecule has 28 heavy (non-hydrogen) atoms. The summed E-state index contributed by atoms with van der Waals surface area (Å²) in [6.07, 6.45) is 14.8. The van der Waals surface area contributed by atoms with Gasteiger partial charge in [-0.05, 0) is 33.6 Å². The molecule has 0 aromatic heterocycles. The van der Waals surface area contributed by atoms with Gasteiger partial charge in [-0.15, -0.1) is 0 Å². The Labute approximate surface area is 178 Å². The van der Waals surface area contributed by atoms with Gasteiger partial charge in [-0.1, -0.05) is 65.2 Å². The van der Waals surface area contributed by atoms with E-state index in [9.17, 15) is 0 Å². The quantitative estimate of drug-likeness (QED) is 0.131.